The monoisotopic (exact) mass is 365 g/mol. The van der Waals surface area contributed by atoms with E-state index in [1.807, 2.05) is 13.1 Å². The molecule has 2 aromatic carbocycles. The molecule has 0 amide bonds. The maximum atomic E-state index is 5.10. The third-order valence-electron chi connectivity index (χ3n) is 6.65. The van der Waals surface area contributed by atoms with Crippen molar-refractivity contribution in [2.45, 2.75) is 44.4 Å². The number of rotatable bonds is 2. The zero-order valence-corrected chi connectivity index (χ0v) is 16.1. The van der Waals surface area contributed by atoms with Gasteiger partial charge in [0.1, 0.15) is 5.82 Å². The van der Waals surface area contributed by atoms with Gasteiger partial charge in [-0.05, 0) is 92.0 Å². The van der Waals surface area contributed by atoms with Crippen LogP contribution in [0.25, 0.3) is 28.1 Å². The molecule has 1 saturated carbocycles. The van der Waals surface area contributed by atoms with Crippen molar-refractivity contribution in [3.05, 3.63) is 77.6 Å². The van der Waals surface area contributed by atoms with Gasteiger partial charge in [-0.25, -0.2) is 4.98 Å². The van der Waals surface area contributed by atoms with Crippen molar-refractivity contribution in [3.63, 3.8) is 0 Å². The fraction of sp³-hybridized carbons (Fsp3) is 0.280. The van der Waals surface area contributed by atoms with Crippen molar-refractivity contribution in [1.82, 2.24) is 14.5 Å². The second-order valence-electron chi connectivity index (χ2n) is 8.31. The molecule has 1 fully saturated rings. The lowest BCUT2D eigenvalue weighted by molar-refractivity contribution is 0.359. The Labute approximate surface area is 165 Å². The molecule has 28 heavy (non-hydrogen) atoms. The van der Waals surface area contributed by atoms with Gasteiger partial charge in [-0.15, -0.1) is 0 Å². The van der Waals surface area contributed by atoms with Gasteiger partial charge in [0.05, 0.1) is 11.0 Å². The van der Waals surface area contributed by atoms with Gasteiger partial charge in [0.2, 0.25) is 0 Å². The summed E-state index contributed by atoms with van der Waals surface area (Å²) >= 11 is 0. The van der Waals surface area contributed by atoms with Crippen LogP contribution in [0, 0.1) is 6.92 Å². The summed E-state index contributed by atoms with van der Waals surface area (Å²) in [5, 5.41) is 0. The number of para-hydroxylation sites is 1. The summed E-state index contributed by atoms with van der Waals surface area (Å²) < 4.78 is 2.31. The Morgan fingerprint density at radius 1 is 0.857 bits per heavy atom. The minimum Gasteiger partial charge on any atom is -0.292 e. The van der Waals surface area contributed by atoms with Crippen molar-refractivity contribution in [2.75, 3.05) is 0 Å². The second-order valence-corrected chi connectivity index (χ2v) is 8.31. The predicted octanol–water partition coefficient (Wildman–Crippen LogP) is 6.15. The van der Waals surface area contributed by atoms with Crippen molar-refractivity contribution < 1.29 is 0 Å². The van der Waals surface area contributed by atoms with Crippen LogP contribution >= 0.6 is 0 Å². The minimum absolute atomic E-state index is 0.730. The third kappa shape index (κ3) is 2.35. The van der Waals surface area contributed by atoms with E-state index in [2.05, 4.69) is 64.1 Å². The molecule has 3 aliphatic rings. The molecule has 3 aliphatic carbocycles. The molecule has 3 heteroatoms. The summed E-state index contributed by atoms with van der Waals surface area (Å²) in [4.78, 5) is 9.62. The highest BCUT2D eigenvalue weighted by Gasteiger charge is 2.33. The first kappa shape index (κ1) is 16.1. The van der Waals surface area contributed by atoms with Gasteiger partial charge in [0.15, 0.2) is 0 Å². The minimum atomic E-state index is 0.730. The van der Waals surface area contributed by atoms with Gasteiger partial charge in [0, 0.05) is 23.1 Å². The topological polar surface area (TPSA) is 30.7 Å². The van der Waals surface area contributed by atoms with E-state index in [1.165, 1.54) is 31.2 Å². The Morgan fingerprint density at radius 2 is 1.57 bits per heavy atom. The van der Waals surface area contributed by atoms with E-state index in [-0.39, 0.29) is 0 Å². The van der Waals surface area contributed by atoms with Crippen LogP contribution in [0.4, 0.5) is 0 Å². The lowest BCUT2D eigenvalue weighted by Gasteiger charge is -2.38. The van der Waals surface area contributed by atoms with Gasteiger partial charge in [-0.2, -0.15) is 0 Å². The summed E-state index contributed by atoms with van der Waals surface area (Å²) in [6.07, 6.45) is 7.32. The highest BCUT2D eigenvalue weighted by atomic mass is 15.1. The molecule has 2 aromatic heterocycles. The van der Waals surface area contributed by atoms with Gasteiger partial charge in [0.25, 0.3) is 0 Å². The number of fused-ring (bicyclic) bond motifs is 3. The largest absolute Gasteiger partial charge is 0.292 e. The fourth-order valence-electron chi connectivity index (χ4n) is 5.21. The van der Waals surface area contributed by atoms with E-state index in [0.29, 0.717) is 0 Å². The Morgan fingerprint density at radius 3 is 2.25 bits per heavy atom. The predicted molar refractivity (Wildman–Crippen MR) is 113 cm³/mol. The molecule has 4 aromatic rings. The molecule has 0 saturated heterocycles. The summed E-state index contributed by atoms with van der Waals surface area (Å²) in [5.74, 6) is 2.44. The lowest BCUT2D eigenvalue weighted by atomic mass is 9.67. The Kier molecular flexibility index (Phi) is 3.46. The number of aryl methyl sites for hydroxylation is 1. The molecule has 2 bridgehead atoms. The zero-order valence-electron chi connectivity index (χ0n) is 16.1. The highest BCUT2D eigenvalue weighted by molar-refractivity contribution is 5.85. The second kappa shape index (κ2) is 6.03. The average molecular weight is 365 g/mol. The molecule has 3 nitrogen and oxygen atoms in total. The standard InChI is InChI=1S/C25H23N3/c1-16-7-8-19(15-26-16)25-27-23-13-21-17-9-11-18(12-10-17)22(21)14-24(23)28(25)20-5-3-2-4-6-20/h2-8,13-15,17-18H,9-12H2,1H3. The summed E-state index contributed by atoms with van der Waals surface area (Å²) in [5.41, 5.74) is 8.69. The normalized spacial score (nSPS) is 20.5. The molecule has 7 rings (SSSR count). The molecule has 0 unspecified atom stereocenters. The Hall–Kier alpha value is -2.94. The number of hydrogen-bond donors (Lipinski definition) is 0. The number of imidazole rings is 1. The van der Waals surface area contributed by atoms with Crippen molar-refractivity contribution in [3.8, 4) is 17.1 Å². The molecule has 2 heterocycles. The number of hydrogen-bond acceptors (Lipinski definition) is 2. The summed E-state index contributed by atoms with van der Waals surface area (Å²) in [7, 11) is 0. The summed E-state index contributed by atoms with van der Waals surface area (Å²) in [6.45, 7) is 2.02. The van der Waals surface area contributed by atoms with Crippen LogP contribution in [0.2, 0.25) is 0 Å². The Bertz CT molecular complexity index is 1160. The van der Waals surface area contributed by atoms with E-state index in [9.17, 15) is 0 Å². The maximum absolute atomic E-state index is 5.10. The lowest BCUT2D eigenvalue weighted by Crippen LogP contribution is -2.21. The number of benzene rings is 2. The van der Waals surface area contributed by atoms with E-state index in [1.54, 1.807) is 11.1 Å². The first-order chi connectivity index (χ1) is 13.8. The third-order valence-corrected chi connectivity index (χ3v) is 6.65. The molecule has 0 radical (unpaired) electrons. The highest BCUT2D eigenvalue weighted by Crippen LogP contribution is 2.50. The van der Waals surface area contributed by atoms with Crippen LogP contribution in [0.15, 0.2) is 60.8 Å². The quantitative estimate of drug-likeness (QED) is 0.426. The van der Waals surface area contributed by atoms with Crippen molar-refractivity contribution in [1.29, 1.82) is 0 Å². The van der Waals surface area contributed by atoms with E-state index >= 15 is 0 Å². The van der Waals surface area contributed by atoms with E-state index < -0.39 is 0 Å². The fourth-order valence-corrected chi connectivity index (χ4v) is 5.21. The SMILES string of the molecule is Cc1ccc(-c2nc3cc4c(cc3n2-c2ccccc2)C2CCC4CC2)cn1. The molecule has 0 aliphatic heterocycles. The zero-order chi connectivity index (χ0) is 18.7. The van der Waals surface area contributed by atoms with Crippen LogP contribution in [0.3, 0.4) is 0 Å². The number of aromatic nitrogens is 3. The molecular formula is C25H23N3. The molecular weight excluding hydrogens is 342 g/mol. The number of nitrogens with zero attached hydrogens (tertiary/aromatic N) is 3. The van der Waals surface area contributed by atoms with Gasteiger partial charge in [-0.1, -0.05) is 18.2 Å². The van der Waals surface area contributed by atoms with Crippen LogP contribution in [-0.2, 0) is 0 Å². The Balaban J connectivity index is 1.65. The average Bonchev–Trinajstić information content (AvgIpc) is 3.13. The van der Waals surface area contributed by atoms with Crippen molar-refractivity contribution in [2.24, 2.45) is 0 Å². The molecule has 0 spiro atoms. The van der Waals surface area contributed by atoms with Crippen LogP contribution in [0.1, 0.15) is 54.3 Å². The molecule has 0 N–H and O–H groups in total. The van der Waals surface area contributed by atoms with E-state index in [4.69, 9.17) is 4.98 Å². The number of pyridine rings is 1. The van der Waals surface area contributed by atoms with Gasteiger partial charge in [-0.3, -0.25) is 9.55 Å². The molecule has 0 atom stereocenters. The first-order valence-electron chi connectivity index (χ1n) is 10.3. The summed E-state index contributed by atoms with van der Waals surface area (Å²) in [6, 6.07) is 19.6. The smallest absolute Gasteiger partial charge is 0.147 e. The van der Waals surface area contributed by atoms with Gasteiger partial charge >= 0.3 is 0 Å². The van der Waals surface area contributed by atoms with E-state index in [0.717, 1.165) is 40.1 Å². The van der Waals surface area contributed by atoms with Crippen LogP contribution in [0.5, 0.6) is 0 Å². The van der Waals surface area contributed by atoms with Crippen LogP contribution in [-0.4, -0.2) is 14.5 Å². The van der Waals surface area contributed by atoms with Crippen LogP contribution < -0.4 is 0 Å². The van der Waals surface area contributed by atoms with Gasteiger partial charge < -0.3 is 0 Å². The molecule has 138 valence electrons. The maximum Gasteiger partial charge on any atom is 0.147 e. The van der Waals surface area contributed by atoms with Crippen molar-refractivity contribution >= 4 is 11.0 Å². The first-order valence-corrected chi connectivity index (χ1v) is 10.3.